The lowest BCUT2D eigenvalue weighted by molar-refractivity contribution is -0.128. The molecular formula is C16H19NO3. The molecule has 1 atom stereocenters. The van der Waals surface area contributed by atoms with Crippen molar-refractivity contribution in [3.05, 3.63) is 29.8 Å². The van der Waals surface area contributed by atoms with Gasteiger partial charge in [-0.05, 0) is 30.2 Å². The number of nitrogens with zero attached hydrogens (tertiary/aromatic N) is 1. The predicted molar refractivity (Wildman–Crippen MR) is 76.3 cm³/mol. The van der Waals surface area contributed by atoms with Gasteiger partial charge in [0.15, 0.2) is 0 Å². The van der Waals surface area contributed by atoms with Crippen LogP contribution in [0.2, 0.25) is 0 Å². The minimum absolute atomic E-state index is 0.138. The van der Waals surface area contributed by atoms with E-state index >= 15 is 0 Å². The summed E-state index contributed by atoms with van der Waals surface area (Å²) in [7, 11) is 0. The fourth-order valence-corrected chi connectivity index (χ4v) is 2.24. The van der Waals surface area contributed by atoms with Crippen molar-refractivity contribution in [1.82, 2.24) is 4.90 Å². The second kappa shape index (κ2) is 6.97. The largest absolute Gasteiger partial charge is 0.492 e. The number of likely N-dealkylation sites (tertiary alicyclic amines) is 1. The lowest BCUT2D eigenvalue weighted by Gasteiger charge is -2.16. The van der Waals surface area contributed by atoms with Crippen LogP contribution in [0.1, 0.15) is 18.9 Å². The number of aliphatic hydroxyl groups excluding tert-OH is 1. The zero-order valence-electron chi connectivity index (χ0n) is 11.6. The minimum Gasteiger partial charge on any atom is -0.492 e. The van der Waals surface area contributed by atoms with Crippen LogP contribution in [-0.2, 0) is 4.79 Å². The van der Waals surface area contributed by atoms with Crippen LogP contribution < -0.4 is 4.74 Å². The second-order valence-electron chi connectivity index (χ2n) is 4.98. The molecule has 4 nitrogen and oxygen atoms in total. The third kappa shape index (κ3) is 4.01. The number of rotatable bonds is 4. The molecule has 1 aliphatic rings. The van der Waals surface area contributed by atoms with E-state index in [9.17, 15) is 4.79 Å². The normalized spacial score (nSPS) is 17.8. The van der Waals surface area contributed by atoms with Gasteiger partial charge in [0.2, 0.25) is 5.91 Å². The molecule has 0 spiro atoms. The maximum Gasteiger partial charge on any atom is 0.223 e. The van der Waals surface area contributed by atoms with E-state index in [1.807, 2.05) is 29.2 Å². The monoisotopic (exact) mass is 273 g/mol. The summed E-state index contributed by atoms with van der Waals surface area (Å²) in [5.74, 6) is 6.85. The molecule has 1 amide bonds. The Bertz CT molecular complexity index is 513. The number of carbonyl (C=O) groups excluding carboxylic acids is 1. The molecule has 0 saturated carbocycles. The van der Waals surface area contributed by atoms with Crippen molar-refractivity contribution in [2.75, 3.05) is 26.3 Å². The van der Waals surface area contributed by atoms with Crippen molar-refractivity contribution < 1.29 is 14.6 Å². The van der Waals surface area contributed by atoms with Crippen LogP contribution in [0.25, 0.3) is 0 Å². The summed E-state index contributed by atoms with van der Waals surface area (Å²) in [6, 6.07) is 7.38. The highest BCUT2D eigenvalue weighted by atomic mass is 16.5. The van der Waals surface area contributed by atoms with Crippen molar-refractivity contribution in [3.63, 3.8) is 0 Å². The molecule has 2 rings (SSSR count). The highest BCUT2D eigenvalue weighted by Crippen LogP contribution is 2.17. The van der Waals surface area contributed by atoms with Gasteiger partial charge in [-0.25, -0.2) is 0 Å². The summed E-state index contributed by atoms with van der Waals surface area (Å²) in [6.45, 7) is 3.92. The molecular weight excluding hydrogens is 254 g/mol. The van der Waals surface area contributed by atoms with Crippen LogP contribution in [0.4, 0.5) is 0 Å². The Morgan fingerprint density at radius 2 is 2.15 bits per heavy atom. The van der Waals surface area contributed by atoms with Gasteiger partial charge in [-0.3, -0.25) is 4.79 Å². The van der Waals surface area contributed by atoms with Gasteiger partial charge >= 0.3 is 0 Å². The molecule has 4 heteroatoms. The third-order valence-electron chi connectivity index (χ3n) is 3.20. The Morgan fingerprint density at radius 1 is 1.40 bits per heavy atom. The predicted octanol–water partition coefficient (Wildman–Crippen LogP) is 1.28. The average Bonchev–Trinajstić information content (AvgIpc) is 2.76. The molecule has 0 radical (unpaired) electrons. The van der Waals surface area contributed by atoms with Crippen LogP contribution in [0.3, 0.4) is 0 Å². The molecule has 1 unspecified atom stereocenters. The topological polar surface area (TPSA) is 49.8 Å². The number of aliphatic hydroxyl groups is 1. The summed E-state index contributed by atoms with van der Waals surface area (Å²) in [5, 5.41) is 8.61. The molecule has 1 fully saturated rings. The molecule has 1 aliphatic heterocycles. The van der Waals surface area contributed by atoms with Gasteiger partial charge in [0, 0.05) is 18.5 Å². The van der Waals surface area contributed by atoms with Crippen molar-refractivity contribution >= 4 is 5.91 Å². The van der Waals surface area contributed by atoms with Gasteiger partial charge in [0.1, 0.15) is 19.0 Å². The van der Waals surface area contributed by atoms with Crippen molar-refractivity contribution in [3.8, 4) is 17.6 Å². The number of carbonyl (C=O) groups is 1. The quantitative estimate of drug-likeness (QED) is 0.841. The number of benzene rings is 1. The highest BCUT2D eigenvalue weighted by molar-refractivity contribution is 5.78. The van der Waals surface area contributed by atoms with Crippen molar-refractivity contribution in [2.24, 2.45) is 5.92 Å². The van der Waals surface area contributed by atoms with E-state index in [4.69, 9.17) is 9.84 Å². The summed E-state index contributed by atoms with van der Waals surface area (Å²) >= 11 is 0. The Hall–Kier alpha value is -1.99. The minimum atomic E-state index is -0.138. The first-order chi connectivity index (χ1) is 9.69. The van der Waals surface area contributed by atoms with Crippen LogP contribution in [-0.4, -0.2) is 42.2 Å². The smallest absolute Gasteiger partial charge is 0.223 e. The standard InChI is InChI=1S/C16H19NO3/c1-13-11-16(19)17(12-13)8-10-20-15-6-4-14(5-7-15)3-2-9-18/h4-7,13,18H,8-12H2,1H3. The zero-order chi connectivity index (χ0) is 14.4. The zero-order valence-corrected chi connectivity index (χ0v) is 11.6. The number of amides is 1. The number of hydrogen-bond acceptors (Lipinski definition) is 3. The first-order valence-corrected chi connectivity index (χ1v) is 6.79. The van der Waals surface area contributed by atoms with Crippen LogP contribution >= 0.6 is 0 Å². The first-order valence-electron chi connectivity index (χ1n) is 6.79. The van der Waals surface area contributed by atoms with E-state index in [1.165, 1.54) is 0 Å². The van der Waals surface area contributed by atoms with Gasteiger partial charge in [-0.2, -0.15) is 0 Å². The summed E-state index contributed by atoms with van der Waals surface area (Å²) in [6.07, 6.45) is 0.651. The first kappa shape index (κ1) is 14.4. The molecule has 1 N–H and O–H groups in total. The summed E-state index contributed by atoms with van der Waals surface area (Å²) < 4.78 is 5.62. The Labute approximate surface area is 119 Å². The van der Waals surface area contributed by atoms with Gasteiger partial charge in [-0.1, -0.05) is 18.8 Å². The van der Waals surface area contributed by atoms with E-state index < -0.39 is 0 Å². The van der Waals surface area contributed by atoms with Gasteiger partial charge in [-0.15, -0.1) is 0 Å². The fraction of sp³-hybridized carbons (Fsp3) is 0.438. The fourth-order valence-electron chi connectivity index (χ4n) is 2.24. The maximum absolute atomic E-state index is 11.6. The van der Waals surface area contributed by atoms with Gasteiger partial charge < -0.3 is 14.7 Å². The lowest BCUT2D eigenvalue weighted by Crippen LogP contribution is -2.29. The van der Waals surface area contributed by atoms with E-state index in [0.29, 0.717) is 25.5 Å². The van der Waals surface area contributed by atoms with E-state index in [0.717, 1.165) is 17.9 Å². The maximum atomic E-state index is 11.6. The Balaban J connectivity index is 1.78. The lowest BCUT2D eigenvalue weighted by atomic mass is 10.2. The third-order valence-corrected chi connectivity index (χ3v) is 3.20. The molecule has 1 aromatic carbocycles. The second-order valence-corrected chi connectivity index (χ2v) is 4.98. The molecule has 1 saturated heterocycles. The summed E-state index contributed by atoms with van der Waals surface area (Å²) in [4.78, 5) is 13.5. The van der Waals surface area contributed by atoms with Crippen LogP contribution in [0, 0.1) is 17.8 Å². The molecule has 0 bridgehead atoms. The van der Waals surface area contributed by atoms with Crippen molar-refractivity contribution in [1.29, 1.82) is 0 Å². The molecule has 0 aromatic heterocycles. The highest BCUT2D eigenvalue weighted by Gasteiger charge is 2.25. The average molecular weight is 273 g/mol. The van der Waals surface area contributed by atoms with E-state index in [1.54, 1.807) is 0 Å². The van der Waals surface area contributed by atoms with Crippen LogP contribution in [0.5, 0.6) is 5.75 Å². The van der Waals surface area contributed by atoms with Gasteiger partial charge in [0.05, 0.1) is 6.54 Å². The van der Waals surface area contributed by atoms with Crippen molar-refractivity contribution in [2.45, 2.75) is 13.3 Å². The molecule has 1 aromatic rings. The van der Waals surface area contributed by atoms with Gasteiger partial charge in [0.25, 0.3) is 0 Å². The number of hydrogen-bond donors (Lipinski definition) is 1. The van der Waals surface area contributed by atoms with E-state index in [2.05, 4.69) is 18.8 Å². The molecule has 20 heavy (non-hydrogen) atoms. The molecule has 0 aliphatic carbocycles. The van der Waals surface area contributed by atoms with E-state index in [-0.39, 0.29) is 12.5 Å². The molecule has 106 valence electrons. The van der Waals surface area contributed by atoms with Crippen LogP contribution in [0.15, 0.2) is 24.3 Å². The SMILES string of the molecule is CC1CC(=O)N(CCOc2ccc(C#CCO)cc2)C1. The Morgan fingerprint density at radius 3 is 2.75 bits per heavy atom. The number of ether oxygens (including phenoxy) is 1. The Kier molecular flexibility index (Phi) is 5.03. The molecule has 1 heterocycles. The summed E-state index contributed by atoms with van der Waals surface area (Å²) in [5.41, 5.74) is 0.843.